The van der Waals surface area contributed by atoms with E-state index in [4.69, 9.17) is 17.3 Å². The summed E-state index contributed by atoms with van der Waals surface area (Å²) in [6.45, 7) is 0. The minimum absolute atomic E-state index is 0.0463. The lowest BCUT2D eigenvalue weighted by molar-refractivity contribution is 0.151. The molecular formula is C7H6ClF2IN2. The molecule has 0 saturated carbocycles. The van der Waals surface area contributed by atoms with Crippen LogP contribution in [-0.4, -0.2) is 4.98 Å². The van der Waals surface area contributed by atoms with E-state index in [0.717, 1.165) is 0 Å². The molecule has 0 unspecified atom stereocenters. The van der Waals surface area contributed by atoms with Gasteiger partial charge in [0.15, 0.2) is 0 Å². The van der Waals surface area contributed by atoms with Crippen LogP contribution in [0.4, 0.5) is 14.5 Å². The molecule has 0 aliphatic heterocycles. The van der Waals surface area contributed by atoms with Crippen LogP contribution in [0.15, 0.2) is 6.07 Å². The number of nitrogens with zero attached hydrogens (tertiary/aromatic N) is 1. The lowest BCUT2D eigenvalue weighted by atomic mass is 10.2. The lowest BCUT2D eigenvalue weighted by Crippen LogP contribution is -2.03. The molecule has 0 spiro atoms. The summed E-state index contributed by atoms with van der Waals surface area (Å²) in [5.74, 6) is -0.0548. The number of nitrogen functional groups attached to an aromatic ring is 1. The SMILES string of the molecule is Nc1cc(I)nc(CCl)c1C(F)F. The van der Waals surface area contributed by atoms with E-state index >= 15 is 0 Å². The Bertz CT molecular complexity index is 320. The molecule has 2 nitrogen and oxygen atoms in total. The molecule has 0 saturated heterocycles. The van der Waals surface area contributed by atoms with Gasteiger partial charge in [-0.1, -0.05) is 0 Å². The smallest absolute Gasteiger partial charge is 0.267 e. The van der Waals surface area contributed by atoms with Crippen LogP contribution in [0.2, 0.25) is 0 Å². The molecule has 6 heteroatoms. The minimum atomic E-state index is -2.63. The molecule has 0 fully saturated rings. The Balaban J connectivity index is 3.30. The summed E-state index contributed by atoms with van der Waals surface area (Å²) in [7, 11) is 0. The Morgan fingerprint density at radius 3 is 2.69 bits per heavy atom. The van der Waals surface area contributed by atoms with Gasteiger partial charge in [0.1, 0.15) is 3.70 Å². The third-order valence-electron chi connectivity index (χ3n) is 1.48. The number of pyridine rings is 1. The summed E-state index contributed by atoms with van der Waals surface area (Å²) in [5, 5.41) is 0. The van der Waals surface area contributed by atoms with Crippen molar-refractivity contribution in [1.82, 2.24) is 4.98 Å². The van der Waals surface area contributed by atoms with Crippen LogP contribution in [0.25, 0.3) is 0 Å². The van der Waals surface area contributed by atoms with Crippen molar-refractivity contribution in [2.45, 2.75) is 12.3 Å². The zero-order chi connectivity index (χ0) is 10.0. The molecule has 1 heterocycles. The van der Waals surface area contributed by atoms with Gasteiger partial charge in [-0.15, -0.1) is 11.6 Å². The Hall–Kier alpha value is -0.170. The van der Waals surface area contributed by atoms with Gasteiger partial charge in [0, 0.05) is 5.69 Å². The number of hydrogen-bond donors (Lipinski definition) is 1. The van der Waals surface area contributed by atoms with Gasteiger partial charge in [0.2, 0.25) is 0 Å². The standard InChI is InChI=1S/C7H6ClF2IN2/c8-2-4-6(7(9)10)3(12)1-5(11)13-4/h1,7H,2H2,(H2,12,13). The zero-order valence-electron chi connectivity index (χ0n) is 6.40. The molecule has 2 N–H and O–H groups in total. The Kier molecular flexibility index (Phi) is 3.66. The summed E-state index contributed by atoms with van der Waals surface area (Å²) < 4.78 is 25.4. The normalized spacial score (nSPS) is 10.8. The largest absolute Gasteiger partial charge is 0.398 e. The van der Waals surface area contributed by atoms with Gasteiger partial charge >= 0.3 is 0 Å². The summed E-state index contributed by atoms with van der Waals surface area (Å²) in [4.78, 5) is 3.87. The first kappa shape index (κ1) is 10.9. The first-order chi connectivity index (χ1) is 6.06. The fraction of sp³-hybridized carbons (Fsp3) is 0.286. The second-order valence-corrected chi connectivity index (χ2v) is 3.70. The second kappa shape index (κ2) is 4.36. The molecule has 1 aromatic rings. The van der Waals surface area contributed by atoms with Crippen molar-refractivity contribution in [2.75, 3.05) is 5.73 Å². The third kappa shape index (κ3) is 2.40. The topological polar surface area (TPSA) is 38.9 Å². The second-order valence-electron chi connectivity index (χ2n) is 2.33. The summed E-state index contributed by atoms with van der Waals surface area (Å²) in [5.41, 5.74) is 5.36. The molecule has 0 bridgehead atoms. The molecule has 0 amide bonds. The van der Waals surface area contributed by atoms with Crippen LogP contribution in [-0.2, 0) is 5.88 Å². The summed E-state index contributed by atoms with van der Waals surface area (Å²) in [6.07, 6.45) is -2.63. The quantitative estimate of drug-likeness (QED) is 0.517. The predicted molar refractivity (Wildman–Crippen MR) is 55.9 cm³/mol. The monoisotopic (exact) mass is 318 g/mol. The predicted octanol–water partition coefficient (Wildman–Crippen LogP) is 2.94. The Morgan fingerprint density at radius 2 is 2.23 bits per heavy atom. The molecular weight excluding hydrogens is 312 g/mol. The van der Waals surface area contributed by atoms with E-state index in [1.54, 1.807) is 0 Å². The van der Waals surface area contributed by atoms with Gasteiger partial charge in [-0.05, 0) is 28.7 Å². The molecule has 0 aromatic carbocycles. The molecule has 1 rings (SSSR count). The maximum absolute atomic E-state index is 12.4. The maximum atomic E-state index is 12.4. The number of aromatic nitrogens is 1. The van der Waals surface area contributed by atoms with E-state index in [-0.39, 0.29) is 22.8 Å². The van der Waals surface area contributed by atoms with Gasteiger partial charge in [-0.25, -0.2) is 13.8 Å². The number of nitrogens with two attached hydrogens (primary N) is 1. The highest BCUT2D eigenvalue weighted by molar-refractivity contribution is 14.1. The lowest BCUT2D eigenvalue weighted by Gasteiger charge is -2.08. The van der Waals surface area contributed by atoms with Gasteiger partial charge in [0.25, 0.3) is 6.43 Å². The van der Waals surface area contributed by atoms with Gasteiger partial charge < -0.3 is 5.73 Å². The number of alkyl halides is 3. The average Bonchev–Trinajstić information content (AvgIpc) is 2.01. The van der Waals surface area contributed by atoms with Crippen molar-refractivity contribution in [3.63, 3.8) is 0 Å². The highest BCUT2D eigenvalue weighted by Crippen LogP contribution is 2.29. The van der Waals surface area contributed by atoms with Crippen molar-refractivity contribution in [1.29, 1.82) is 0 Å². The first-order valence-corrected chi connectivity index (χ1v) is 4.96. The molecule has 0 radical (unpaired) electrons. The minimum Gasteiger partial charge on any atom is -0.398 e. The fourth-order valence-corrected chi connectivity index (χ4v) is 1.78. The van der Waals surface area contributed by atoms with Crippen LogP contribution in [0.1, 0.15) is 17.7 Å². The van der Waals surface area contributed by atoms with Crippen LogP contribution in [0.5, 0.6) is 0 Å². The summed E-state index contributed by atoms with van der Waals surface area (Å²) in [6, 6.07) is 1.40. The van der Waals surface area contributed by atoms with Crippen molar-refractivity contribution < 1.29 is 8.78 Å². The van der Waals surface area contributed by atoms with E-state index in [1.807, 2.05) is 22.6 Å². The van der Waals surface area contributed by atoms with Gasteiger partial charge in [-0.2, -0.15) is 0 Å². The summed E-state index contributed by atoms with van der Waals surface area (Å²) >= 11 is 7.37. The van der Waals surface area contributed by atoms with Crippen molar-refractivity contribution in [3.05, 3.63) is 21.0 Å². The highest BCUT2D eigenvalue weighted by Gasteiger charge is 2.17. The Labute approximate surface area is 92.6 Å². The van der Waals surface area contributed by atoms with Gasteiger partial charge in [0.05, 0.1) is 17.1 Å². The van der Waals surface area contributed by atoms with Crippen molar-refractivity contribution in [2.24, 2.45) is 0 Å². The van der Waals surface area contributed by atoms with Crippen LogP contribution in [0.3, 0.4) is 0 Å². The highest BCUT2D eigenvalue weighted by atomic mass is 127. The van der Waals surface area contributed by atoms with E-state index in [2.05, 4.69) is 4.98 Å². The number of halogens is 4. The molecule has 13 heavy (non-hydrogen) atoms. The van der Waals surface area contributed by atoms with E-state index < -0.39 is 6.43 Å². The first-order valence-electron chi connectivity index (χ1n) is 3.35. The number of anilines is 1. The van der Waals surface area contributed by atoms with Crippen LogP contribution >= 0.6 is 34.2 Å². The van der Waals surface area contributed by atoms with Crippen molar-refractivity contribution in [3.8, 4) is 0 Å². The Morgan fingerprint density at radius 1 is 1.62 bits per heavy atom. The fourth-order valence-electron chi connectivity index (χ4n) is 0.948. The molecule has 0 aliphatic rings. The molecule has 0 atom stereocenters. The van der Waals surface area contributed by atoms with Gasteiger partial charge in [-0.3, -0.25) is 0 Å². The molecule has 1 aromatic heterocycles. The average molecular weight is 318 g/mol. The van der Waals surface area contributed by atoms with E-state index in [9.17, 15) is 8.78 Å². The number of rotatable bonds is 2. The number of hydrogen-bond acceptors (Lipinski definition) is 2. The zero-order valence-corrected chi connectivity index (χ0v) is 9.31. The van der Waals surface area contributed by atoms with E-state index in [0.29, 0.717) is 3.70 Å². The molecule has 72 valence electrons. The maximum Gasteiger partial charge on any atom is 0.267 e. The van der Waals surface area contributed by atoms with Crippen LogP contribution < -0.4 is 5.73 Å². The molecule has 0 aliphatic carbocycles. The third-order valence-corrected chi connectivity index (χ3v) is 2.29. The van der Waals surface area contributed by atoms with E-state index in [1.165, 1.54) is 6.07 Å². The van der Waals surface area contributed by atoms with Crippen LogP contribution in [0, 0.1) is 3.70 Å². The van der Waals surface area contributed by atoms with Crippen molar-refractivity contribution >= 4 is 39.9 Å².